The first-order chi connectivity index (χ1) is 12.7. The van der Waals surface area contributed by atoms with Crippen LogP contribution in [0, 0.1) is 6.92 Å². The Morgan fingerprint density at radius 1 is 1.42 bits per heavy atom. The van der Waals surface area contributed by atoms with Crippen molar-refractivity contribution in [2.45, 2.75) is 39.2 Å². The van der Waals surface area contributed by atoms with Crippen LogP contribution in [0.15, 0.2) is 33.8 Å². The molecule has 0 aliphatic heterocycles. The Morgan fingerprint density at radius 3 is 3.04 bits per heavy atom. The first-order valence-corrected chi connectivity index (χ1v) is 9.03. The fourth-order valence-electron chi connectivity index (χ4n) is 2.87. The number of nitrogens with one attached hydrogen (secondary N) is 2. The van der Waals surface area contributed by atoms with Gasteiger partial charge in [0.1, 0.15) is 5.76 Å². The highest BCUT2D eigenvalue weighted by Crippen LogP contribution is 2.22. The summed E-state index contributed by atoms with van der Waals surface area (Å²) in [6, 6.07) is 6.38. The first-order valence-electron chi connectivity index (χ1n) is 9.03. The van der Waals surface area contributed by atoms with Crippen molar-refractivity contribution in [2.24, 2.45) is 10.7 Å². The maximum atomic E-state index is 5.60. The SMILES string of the molecule is CCC(C/C=N/CCN)Nc1nc2cccc(Cc3cnc(C)o3)c2[nH]1. The normalized spacial score (nSPS) is 12.9. The lowest BCUT2D eigenvalue weighted by Crippen LogP contribution is -2.19. The third kappa shape index (κ3) is 4.49. The summed E-state index contributed by atoms with van der Waals surface area (Å²) in [4.78, 5) is 16.5. The molecule has 2 heterocycles. The smallest absolute Gasteiger partial charge is 0.201 e. The molecule has 138 valence electrons. The largest absolute Gasteiger partial charge is 0.446 e. The molecular weight excluding hydrogens is 328 g/mol. The molecule has 2 aromatic heterocycles. The van der Waals surface area contributed by atoms with Crippen molar-refractivity contribution < 1.29 is 4.42 Å². The third-order valence-corrected chi connectivity index (χ3v) is 4.25. The molecule has 1 atom stereocenters. The lowest BCUT2D eigenvalue weighted by molar-refractivity contribution is 0.484. The number of rotatable bonds is 9. The van der Waals surface area contributed by atoms with Crippen LogP contribution in [0.1, 0.15) is 37.0 Å². The van der Waals surface area contributed by atoms with Crippen LogP contribution >= 0.6 is 0 Å². The average molecular weight is 354 g/mol. The van der Waals surface area contributed by atoms with E-state index < -0.39 is 0 Å². The molecule has 26 heavy (non-hydrogen) atoms. The van der Waals surface area contributed by atoms with E-state index in [1.807, 2.05) is 25.3 Å². The zero-order valence-electron chi connectivity index (χ0n) is 15.3. The van der Waals surface area contributed by atoms with Crippen molar-refractivity contribution in [3.63, 3.8) is 0 Å². The van der Waals surface area contributed by atoms with Gasteiger partial charge in [-0.05, 0) is 18.1 Å². The molecule has 3 rings (SSSR count). The average Bonchev–Trinajstić information content (AvgIpc) is 3.24. The van der Waals surface area contributed by atoms with Crippen LogP contribution < -0.4 is 11.1 Å². The quantitative estimate of drug-likeness (QED) is 0.512. The number of fused-ring (bicyclic) bond motifs is 1. The summed E-state index contributed by atoms with van der Waals surface area (Å²) in [6.45, 7) is 5.25. The van der Waals surface area contributed by atoms with Gasteiger partial charge in [0.05, 0.1) is 23.8 Å². The first kappa shape index (κ1) is 18.1. The zero-order valence-corrected chi connectivity index (χ0v) is 15.3. The molecular formula is C19H26N6O. The lowest BCUT2D eigenvalue weighted by atomic mass is 10.1. The molecule has 0 bridgehead atoms. The predicted octanol–water partition coefficient (Wildman–Crippen LogP) is 3.06. The van der Waals surface area contributed by atoms with Crippen molar-refractivity contribution in [3.05, 3.63) is 41.6 Å². The van der Waals surface area contributed by atoms with Crippen molar-refractivity contribution in [2.75, 3.05) is 18.4 Å². The number of hydrogen-bond acceptors (Lipinski definition) is 6. The summed E-state index contributed by atoms with van der Waals surface area (Å²) in [5, 5.41) is 3.47. The maximum absolute atomic E-state index is 5.60. The van der Waals surface area contributed by atoms with Crippen LogP contribution in [-0.4, -0.2) is 40.3 Å². The van der Waals surface area contributed by atoms with Crippen molar-refractivity contribution in [1.29, 1.82) is 0 Å². The minimum Gasteiger partial charge on any atom is -0.446 e. The molecule has 0 spiro atoms. The van der Waals surface area contributed by atoms with Gasteiger partial charge in [-0.2, -0.15) is 0 Å². The number of nitrogens with two attached hydrogens (primary N) is 1. The summed E-state index contributed by atoms with van der Waals surface area (Å²) in [5.74, 6) is 2.31. The number of aromatic amines is 1. The van der Waals surface area contributed by atoms with Gasteiger partial charge in [0.15, 0.2) is 5.89 Å². The van der Waals surface area contributed by atoms with Gasteiger partial charge in [0.2, 0.25) is 5.95 Å². The van der Waals surface area contributed by atoms with Crippen LogP contribution in [0.4, 0.5) is 5.95 Å². The Balaban J connectivity index is 1.74. The lowest BCUT2D eigenvalue weighted by Gasteiger charge is -2.13. The highest BCUT2D eigenvalue weighted by atomic mass is 16.3. The molecule has 0 radical (unpaired) electrons. The summed E-state index contributed by atoms with van der Waals surface area (Å²) in [6.07, 6.45) is 6.22. The van der Waals surface area contributed by atoms with E-state index in [1.54, 1.807) is 6.20 Å². The van der Waals surface area contributed by atoms with Gasteiger partial charge in [-0.25, -0.2) is 9.97 Å². The molecule has 4 N–H and O–H groups in total. The number of hydrogen-bond donors (Lipinski definition) is 3. The van der Waals surface area contributed by atoms with Crippen LogP contribution in [0.2, 0.25) is 0 Å². The zero-order chi connectivity index (χ0) is 18.4. The predicted molar refractivity (Wildman–Crippen MR) is 105 cm³/mol. The number of H-pyrrole nitrogens is 1. The Hall–Kier alpha value is -2.67. The number of benzene rings is 1. The highest BCUT2D eigenvalue weighted by Gasteiger charge is 2.12. The van der Waals surface area contributed by atoms with E-state index >= 15 is 0 Å². The topological polar surface area (TPSA) is 105 Å². The van der Waals surface area contributed by atoms with Gasteiger partial charge in [0, 0.05) is 38.6 Å². The Bertz CT molecular complexity index is 866. The number of aryl methyl sites for hydroxylation is 1. The van der Waals surface area contributed by atoms with Crippen molar-refractivity contribution in [3.8, 4) is 0 Å². The maximum Gasteiger partial charge on any atom is 0.201 e. The van der Waals surface area contributed by atoms with Crippen LogP contribution in [-0.2, 0) is 6.42 Å². The second kappa shape index (κ2) is 8.62. The fourth-order valence-corrected chi connectivity index (χ4v) is 2.87. The molecule has 0 saturated heterocycles. The van der Waals surface area contributed by atoms with E-state index in [0.29, 0.717) is 25.4 Å². The number of oxazole rings is 1. The molecule has 0 amide bonds. The molecule has 0 aliphatic rings. The number of para-hydroxylation sites is 1. The summed E-state index contributed by atoms with van der Waals surface area (Å²) >= 11 is 0. The number of nitrogens with zero attached hydrogens (tertiary/aromatic N) is 3. The molecule has 7 heteroatoms. The van der Waals surface area contributed by atoms with Gasteiger partial charge >= 0.3 is 0 Å². The van der Waals surface area contributed by atoms with Gasteiger partial charge in [-0.1, -0.05) is 19.1 Å². The van der Waals surface area contributed by atoms with Gasteiger partial charge in [0.25, 0.3) is 0 Å². The second-order valence-corrected chi connectivity index (χ2v) is 6.28. The highest BCUT2D eigenvalue weighted by molar-refractivity contribution is 5.81. The minimum absolute atomic E-state index is 0.275. The van der Waals surface area contributed by atoms with E-state index in [9.17, 15) is 0 Å². The summed E-state index contributed by atoms with van der Waals surface area (Å²) in [5.41, 5.74) is 8.56. The second-order valence-electron chi connectivity index (χ2n) is 6.28. The van der Waals surface area contributed by atoms with E-state index in [0.717, 1.165) is 41.1 Å². The molecule has 0 fully saturated rings. The molecule has 1 aromatic carbocycles. The standard InChI is InChI=1S/C19H26N6O/c1-3-15(7-9-21-10-8-20)23-19-24-17-6-4-5-14(18(17)25-19)11-16-12-22-13(2)26-16/h4-6,9,12,15H,3,7-8,10-11,20H2,1-2H3,(H2,23,24,25)/b21-9+. The van der Waals surface area contributed by atoms with Crippen LogP contribution in [0.5, 0.6) is 0 Å². The Morgan fingerprint density at radius 2 is 2.31 bits per heavy atom. The van der Waals surface area contributed by atoms with Gasteiger partial charge < -0.3 is 20.5 Å². The number of anilines is 1. The summed E-state index contributed by atoms with van der Waals surface area (Å²) in [7, 11) is 0. The van der Waals surface area contributed by atoms with Crippen molar-refractivity contribution >= 4 is 23.2 Å². The molecule has 0 aliphatic carbocycles. The fraction of sp³-hybridized carbons (Fsp3) is 0.421. The third-order valence-electron chi connectivity index (χ3n) is 4.25. The van der Waals surface area contributed by atoms with E-state index in [2.05, 4.69) is 38.3 Å². The number of aliphatic imine (C=N–C) groups is 1. The number of aromatic nitrogens is 3. The Labute approximate surface area is 153 Å². The monoisotopic (exact) mass is 354 g/mol. The number of imidazole rings is 1. The molecule has 0 saturated carbocycles. The molecule has 7 nitrogen and oxygen atoms in total. The van der Waals surface area contributed by atoms with Crippen LogP contribution in [0.3, 0.4) is 0 Å². The van der Waals surface area contributed by atoms with E-state index in [4.69, 9.17) is 10.2 Å². The van der Waals surface area contributed by atoms with Gasteiger partial charge in [-0.3, -0.25) is 4.99 Å². The minimum atomic E-state index is 0.275. The van der Waals surface area contributed by atoms with Gasteiger partial charge in [-0.15, -0.1) is 0 Å². The Kier molecular flexibility index (Phi) is 6.01. The van der Waals surface area contributed by atoms with Crippen molar-refractivity contribution in [1.82, 2.24) is 15.0 Å². The summed E-state index contributed by atoms with van der Waals surface area (Å²) < 4.78 is 5.60. The molecule has 3 aromatic rings. The van der Waals surface area contributed by atoms with Crippen LogP contribution in [0.25, 0.3) is 11.0 Å². The van der Waals surface area contributed by atoms with E-state index in [-0.39, 0.29) is 6.04 Å². The van der Waals surface area contributed by atoms with E-state index in [1.165, 1.54) is 0 Å². The molecule has 1 unspecified atom stereocenters.